The summed E-state index contributed by atoms with van der Waals surface area (Å²) in [6.07, 6.45) is 0.599. The van der Waals surface area contributed by atoms with Crippen molar-refractivity contribution in [3.05, 3.63) is 34.6 Å². The number of fused-ring (bicyclic) bond motifs is 1. The second kappa shape index (κ2) is 7.20. The van der Waals surface area contributed by atoms with E-state index in [1.165, 1.54) is 6.92 Å². The molecular weight excluding hydrogens is 312 g/mol. The standard InChI is InChI=1S/C16H20N4O4/c1-4-9(2)13(16(23)24)17-14(21)10(3)20-15(22)11-7-5-6-8-12(11)18-19-20/h5-10,13H,4H2,1-3H3,(H,17,21)(H,23,24)/t9-,10+,13+/m1/s1. The molecule has 2 rings (SSSR count). The van der Waals surface area contributed by atoms with Crippen LogP contribution in [-0.4, -0.2) is 38.0 Å². The molecule has 0 aliphatic carbocycles. The lowest BCUT2D eigenvalue weighted by molar-refractivity contribution is -0.143. The number of carbonyl (C=O) groups is 2. The van der Waals surface area contributed by atoms with Gasteiger partial charge in [-0.05, 0) is 25.0 Å². The van der Waals surface area contributed by atoms with Crippen LogP contribution in [-0.2, 0) is 9.59 Å². The van der Waals surface area contributed by atoms with E-state index in [-0.39, 0.29) is 5.92 Å². The van der Waals surface area contributed by atoms with Crippen molar-refractivity contribution in [2.24, 2.45) is 5.92 Å². The van der Waals surface area contributed by atoms with Gasteiger partial charge in [0, 0.05) is 0 Å². The zero-order valence-electron chi connectivity index (χ0n) is 13.8. The summed E-state index contributed by atoms with van der Waals surface area (Å²) in [5.41, 5.74) is -0.00644. The minimum Gasteiger partial charge on any atom is -0.480 e. The van der Waals surface area contributed by atoms with Crippen molar-refractivity contribution in [3.63, 3.8) is 0 Å². The van der Waals surface area contributed by atoms with Gasteiger partial charge in [0.15, 0.2) is 0 Å². The molecule has 0 aliphatic heterocycles. The van der Waals surface area contributed by atoms with Crippen LogP contribution in [0.25, 0.3) is 10.9 Å². The average Bonchev–Trinajstić information content (AvgIpc) is 2.58. The smallest absolute Gasteiger partial charge is 0.326 e. The van der Waals surface area contributed by atoms with Gasteiger partial charge in [0.25, 0.3) is 5.56 Å². The number of carboxylic acids is 1. The molecule has 0 saturated heterocycles. The molecule has 0 bridgehead atoms. The zero-order valence-corrected chi connectivity index (χ0v) is 13.8. The molecule has 0 unspecified atom stereocenters. The fourth-order valence-electron chi connectivity index (χ4n) is 2.32. The third kappa shape index (κ3) is 3.42. The molecule has 0 radical (unpaired) electrons. The maximum absolute atomic E-state index is 12.4. The summed E-state index contributed by atoms with van der Waals surface area (Å²) < 4.78 is 0.965. The first-order valence-corrected chi connectivity index (χ1v) is 7.74. The van der Waals surface area contributed by atoms with Gasteiger partial charge < -0.3 is 10.4 Å². The van der Waals surface area contributed by atoms with E-state index < -0.39 is 29.5 Å². The fourth-order valence-corrected chi connectivity index (χ4v) is 2.32. The Labute approximate surface area is 138 Å². The van der Waals surface area contributed by atoms with E-state index >= 15 is 0 Å². The van der Waals surface area contributed by atoms with Crippen molar-refractivity contribution in [2.75, 3.05) is 0 Å². The Balaban J connectivity index is 2.29. The highest BCUT2D eigenvalue weighted by Crippen LogP contribution is 2.11. The molecule has 8 heteroatoms. The molecule has 2 N–H and O–H groups in total. The first-order valence-electron chi connectivity index (χ1n) is 7.74. The molecule has 1 aromatic heterocycles. The number of carboxylic acid groups (broad SMARTS) is 1. The second-order valence-electron chi connectivity index (χ2n) is 5.74. The number of aliphatic carboxylic acids is 1. The van der Waals surface area contributed by atoms with Gasteiger partial charge >= 0.3 is 5.97 Å². The van der Waals surface area contributed by atoms with Crippen LogP contribution < -0.4 is 10.9 Å². The predicted molar refractivity (Wildman–Crippen MR) is 87.5 cm³/mol. The largest absolute Gasteiger partial charge is 0.480 e. The minimum atomic E-state index is -1.11. The molecule has 0 saturated carbocycles. The van der Waals surface area contributed by atoms with Gasteiger partial charge in [-0.15, -0.1) is 5.10 Å². The van der Waals surface area contributed by atoms with E-state index in [0.717, 1.165) is 4.68 Å². The first kappa shape index (κ1) is 17.6. The normalized spacial score (nSPS) is 14.8. The summed E-state index contributed by atoms with van der Waals surface area (Å²) in [5.74, 6) is -1.94. The predicted octanol–water partition coefficient (Wildman–Crippen LogP) is 0.968. The molecule has 1 heterocycles. The van der Waals surface area contributed by atoms with E-state index in [1.807, 2.05) is 6.92 Å². The quantitative estimate of drug-likeness (QED) is 0.814. The third-order valence-corrected chi connectivity index (χ3v) is 4.11. The number of amides is 1. The highest BCUT2D eigenvalue weighted by Gasteiger charge is 2.28. The highest BCUT2D eigenvalue weighted by atomic mass is 16.4. The molecule has 0 spiro atoms. The number of aromatic nitrogens is 3. The summed E-state index contributed by atoms with van der Waals surface area (Å²) in [4.78, 5) is 36.1. The number of benzene rings is 1. The van der Waals surface area contributed by atoms with Crippen LogP contribution in [0.15, 0.2) is 29.1 Å². The van der Waals surface area contributed by atoms with Crippen molar-refractivity contribution >= 4 is 22.8 Å². The molecule has 0 aliphatic rings. The Bertz CT molecular complexity index is 817. The summed E-state index contributed by atoms with van der Waals surface area (Å²) in [5, 5.41) is 19.8. The number of carbonyl (C=O) groups excluding carboxylic acids is 1. The van der Waals surface area contributed by atoms with Crippen LogP contribution in [0.5, 0.6) is 0 Å². The Kier molecular flexibility index (Phi) is 5.28. The van der Waals surface area contributed by atoms with Gasteiger partial charge in [0.2, 0.25) is 5.91 Å². The van der Waals surface area contributed by atoms with Gasteiger partial charge in [0.1, 0.15) is 17.6 Å². The topological polar surface area (TPSA) is 114 Å². The molecule has 8 nitrogen and oxygen atoms in total. The molecule has 1 aromatic carbocycles. The van der Waals surface area contributed by atoms with Crippen molar-refractivity contribution in [1.29, 1.82) is 0 Å². The number of hydrogen-bond donors (Lipinski definition) is 2. The Morgan fingerprint density at radius 1 is 1.29 bits per heavy atom. The summed E-state index contributed by atoms with van der Waals surface area (Å²) >= 11 is 0. The fraction of sp³-hybridized carbons (Fsp3) is 0.438. The SMILES string of the molecule is CC[C@@H](C)[C@H](NC(=O)[C@H](C)n1nnc2ccccc2c1=O)C(=O)O. The van der Waals surface area contributed by atoms with E-state index in [2.05, 4.69) is 15.6 Å². The maximum atomic E-state index is 12.4. The molecule has 24 heavy (non-hydrogen) atoms. The monoisotopic (exact) mass is 332 g/mol. The van der Waals surface area contributed by atoms with Crippen molar-refractivity contribution in [3.8, 4) is 0 Å². The number of rotatable bonds is 6. The molecule has 1 amide bonds. The minimum absolute atomic E-state index is 0.238. The van der Waals surface area contributed by atoms with Crippen LogP contribution in [0.3, 0.4) is 0 Å². The lowest BCUT2D eigenvalue weighted by Gasteiger charge is -2.22. The van der Waals surface area contributed by atoms with Gasteiger partial charge in [-0.25, -0.2) is 4.79 Å². The number of nitrogens with one attached hydrogen (secondary N) is 1. The lowest BCUT2D eigenvalue weighted by atomic mass is 9.99. The summed E-state index contributed by atoms with van der Waals surface area (Å²) in [7, 11) is 0. The summed E-state index contributed by atoms with van der Waals surface area (Å²) in [6, 6.07) is 4.70. The van der Waals surface area contributed by atoms with Gasteiger partial charge in [-0.2, -0.15) is 4.68 Å². The lowest BCUT2D eigenvalue weighted by Crippen LogP contribution is -2.48. The van der Waals surface area contributed by atoms with E-state index in [0.29, 0.717) is 17.3 Å². The van der Waals surface area contributed by atoms with E-state index in [9.17, 15) is 19.5 Å². The van der Waals surface area contributed by atoms with Crippen molar-refractivity contribution in [1.82, 2.24) is 20.3 Å². The third-order valence-electron chi connectivity index (χ3n) is 4.11. The van der Waals surface area contributed by atoms with Crippen LogP contribution in [0.4, 0.5) is 0 Å². The number of hydrogen-bond acceptors (Lipinski definition) is 5. The van der Waals surface area contributed by atoms with E-state index in [1.54, 1.807) is 31.2 Å². The maximum Gasteiger partial charge on any atom is 0.326 e. The summed E-state index contributed by atoms with van der Waals surface area (Å²) in [6.45, 7) is 5.07. The molecule has 0 fully saturated rings. The Morgan fingerprint density at radius 3 is 2.58 bits per heavy atom. The Morgan fingerprint density at radius 2 is 1.96 bits per heavy atom. The van der Waals surface area contributed by atoms with Gasteiger partial charge in [-0.3, -0.25) is 9.59 Å². The molecule has 2 aromatic rings. The van der Waals surface area contributed by atoms with E-state index in [4.69, 9.17) is 0 Å². The first-order chi connectivity index (χ1) is 11.4. The van der Waals surface area contributed by atoms with Crippen LogP contribution in [0, 0.1) is 5.92 Å². The highest BCUT2D eigenvalue weighted by molar-refractivity contribution is 5.86. The van der Waals surface area contributed by atoms with Crippen LogP contribution in [0.2, 0.25) is 0 Å². The van der Waals surface area contributed by atoms with Crippen molar-refractivity contribution in [2.45, 2.75) is 39.3 Å². The van der Waals surface area contributed by atoms with Crippen LogP contribution >= 0.6 is 0 Å². The average molecular weight is 332 g/mol. The van der Waals surface area contributed by atoms with Crippen LogP contribution in [0.1, 0.15) is 33.2 Å². The molecular formula is C16H20N4O4. The van der Waals surface area contributed by atoms with Crippen molar-refractivity contribution < 1.29 is 14.7 Å². The molecule has 3 atom stereocenters. The van der Waals surface area contributed by atoms with Gasteiger partial charge in [-0.1, -0.05) is 37.6 Å². The number of nitrogens with zero attached hydrogens (tertiary/aromatic N) is 3. The molecule has 128 valence electrons. The zero-order chi connectivity index (χ0) is 17.9. The Hall–Kier alpha value is -2.77. The second-order valence-corrected chi connectivity index (χ2v) is 5.74. The van der Waals surface area contributed by atoms with Gasteiger partial charge in [0.05, 0.1) is 5.39 Å².